The molecule has 7 nitrogen and oxygen atoms in total. The summed E-state index contributed by atoms with van der Waals surface area (Å²) in [5.74, 6) is -1.40. The number of benzene rings is 1. The van der Waals surface area contributed by atoms with Gasteiger partial charge in [-0.2, -0.15) is 13.2 Å². The molecule has 0 atom stereocenters. The second kappa shape index (κ2) is 9.18. The van der Waals surface area contributed by atoms with Gasteiger partial charge in [-0.1, -0.05) is 19.9 Å². The van der Waals surface area contributed by atoms with Gasteiger partial charge < -0.3 is 4.90 Å². The van der Waals surface area contributed by atoms with Gasteiger partial charge in [-0.3, -0.25) is 15.0 Å². The minimum Gasteiger partial charge on any atom is -0.339 e. The van der Waals surface area contributed by atoms with E-state index >= 15 is 0 Å². The topological polar surface area (TPSA) is 86.8 Å². The molecule has 27 heavy (non-hydrogen) atoms. The fraction of sp³-hybridized carbons (Fsp3) is 0.500. The molecule has 0 spiro atoms. The average Bonchev–Trinajstić information content (AvgIpc) is 2.60. The van der Waals surface area contributed by atoms with Crippen LogP contribution in [0.25, 0.3) is 0 Å². The maximum absolute atomic E-state index is 12.6. The zero-order valence-corrected chi connectivity index (χ0v) is 16.0. The van der Waals surface area contributed by atoms with Gasteiger partial charge in [0.05, 0.1) is 0 Å². The Kier molecular flexibility index (Phi) is 7.78. The summed E-state index contributed by atoms with van der Waals surface area (Å²) in [4.78, 5) is 26.3. The molecule has 0 aliphatic heterocycles. The molecule has 1 rings (SSSR count). The largest absolute Gasteiger partial charge is 0.513 e. The number of halogens is 3. The number of alkyl halides is 3. The highest BCUT2D eigenvalue weighted by molar-refractivity contribution is 7.89. The van der Waals surface area contributed by atoms with E-state index in [2.05, 4.69) is 0 Å². The van der Waals surface area contributed by atoms with Gasteiger partial charge in [0, 0.05) is 31.3 Å². The fourth-order valence-electron chi connectivity index (χ4n) is 2.25. The number of amides is 2. The molecule has 0 radical (unpaired) electrons. The van der Waals surface area contributed by atoms with Crippen LogP contribution in [0, 0.1) is 0 Å². The zero-order valence-electron chi connectivity index (χ0n) is 15.2. The molecule has 0 saturated heterocycles. The normalized spacial score (nSPS) is 12.1. The first-order valence-electron chi connectivity index (χ1n) is 8.21. The summed E-state index contributed by atoms with van der Waals surface area (Å²) in [6.45, 7) is 4.87. The molecule has 0 saturated carbocycles. The molecule has 0 aliphatic carbocycles. The lowest BCUT2D eigenvalue weighted by molar-refractivity contribution is -0.0491. The van der Waals surface area contributed by atoms with E-state index in [1.807, 2.05) is 13.8 Å². The molecule has 0 aliphatic rings. The Morgan fingerprint density at radius 1 is 1.07 bits per heavy atom. The Balaban J connectivity index is 3.01. The number of nitrogens with zero attached hydrogens (tertiary/aromatic N) is 2. The van der Waals surface area contributed by atoms with Crippen molar-refractivity contribution in [3.8, 4) is 0 Å². The number of carbonyl (C=O) groups excluding carboxylic acids is 2. The van der Waals surface area contributed by atoms with Gasteiger partial charge in [0.25, 0.3) is 11.8 Å². The number of nitrogens with one attached hydrogen (secondary N) is 1. The van der Waals surface area contributed by atoms with Gasteiger partial charge in [0.1, 0.15) is 0 Å². The molecule has 0 aromatic heterocycles. The maximum Gasteiger partial charge on any atom is 0.513 e. The highest BCUT2D eigenvalue weighted by atomic mass is 32.2. The van der Waals surface area contributed by atoms with Crippen molar-refractivity contribution in [2.45, 2.75) is 32.2 Å². The number of hydrogen-bond donors (Lipinski definition) is 1. The summed E-state index contributed by atoms with van der Waals surface area (Å²) in [5, 5.41) is 0. The summed E-state index contributed by atoms with van der Waals surface area (Å²) in [6.07, 6.45) is 1.48. The van der Waals surface area contributed by atoms with Crippen LogP contribution in [-0.4, -0.2) is 55.2 Å². The third-order valence-corrected chi connectivity index (χ3v) is 4.96. The monoisotopic (exact) mass is 409 g/mol. The molecule has 0 unspecified atom stereocenters. The predicted molar refractivity (Wildman–Crippen MR) is 93.1 cm³/mol. The summed E-state index contributed by atoms with van der Waals surface area (Å²) in [5.41, 5.74) is -3.85. The third-order valence-electron chi connectivity index (χ3n) is 3.56. The standard InChI is InChI=1S/C16H22F3N3O4S/c1-4-9-22(10-5-2)15(24)13-8-6-7-12(11-13)14(23)20-21(3)27(25,26)16(17,18)19/h6-8,11H,4-5,9-10H2,1-3H3,(H,20,23). The lowest BCUT2D eigenvalue weighted by atomic mass is 10.1. The second-order valence-corrected chi connectivity index (χ2v) is 7.69. The van der Waals surface area contributed by atoms with E-state index in [1.165, 1.54) is 24.3 Å². The van der Waals surface area contributed by atoms with Gasteiger partial charge in [-0.05, 0) is 31.0 Å². The Hall–Kier alpha value is -2.14. The highest BCUT2D eigenvalue weighted by Gasteiger charge is 2.49. The van der Waals surface area contributed by atoms with Crippen LogP contribution in [0.4, 0.5) is 13.2 Å². The molecule has 0 heterocycles. The molecular weight excluding hydrogens is 387 g/mol. The SMILES string of the molecule is CCCN(CCC)C(=O)c1cccc(C(=O)NN(C)S(=O)(=O)C(F)(F)F)c1. The third kappa shape index (κ3) is 5.67. The fourth-order valence-corrected chi connectivity index (χ4v) is 2.77. The van der Waals surface area contributed by atoms with Crippen molar-refractivity contribution in [2.75, 3.05) is 20.1 Å². The summed E-state index contributed by atoms with van der Waals surface area (Å²) >= 11 is 0. The van der Waals surface area contributed by atoms with Crippen LogP contribution >= 0.6 is 0 Å². The lowest BCUT2D eigenvalue weighted by Crippen LogP contribution is -2.48. The van der Waals surface area contributed by atoms with Crippen LogP contribution in [-0.2, 0) is 10.0 Å². The van der Waals surface area contributed by atoms with E-state index in [4.69, 9.17) is 0 Å². The molecule has 1 N–H and O–H groups in total. The first-order valence-corrected chi connectivity index (χ1v) is 9.65. The van der Waals surface area contributed by atoms with Gasteiger partial charge in [0.2, 0.25) is 0 Å². The lowest BCUT2D eigenvalue weighted by Gasteiger charge is -2.22. The van der Waals surface area contributed by atoms with E-state index in [0.29, 0.717) is 20.1 Å². The van der Waals surface area contributed by atoms with Crippen molar-refractivity contribution in [2.24, 2.45) is 0 Å². The van der Waals surface area contributed by atoms with Gasteiger partial charge in [-0.25, -0.2) is 8.42 Å². The van der Waals surface area contributed by atoms with E-state index < -0.39 is 21.4 Å². The smallest absolute Gasteiger partial charge is 0.339 e. The molecule has 1 aromatic rings. The molecular formula is C16H22F3N3O4S. The number of carbonyl (C=O) groups is 2. The van der Waals surface area contributed by atoms with Crippen LogP contribution in [0.5, 0.6) is 0 Å². The minimum absolute atomic E-state index is 0.141. The van der Waals surface area contributed by atoms with Crippen molar-refractivity contribution < 1.29 is 31.2 Å². The van der Waals surface area contributed by atoms with E-state index in [-0.39, 0.29) is 21.4 Å². The van der Waals surface area contributed by atoms with Gasteiger partial charge in [0.15, 0.2) is 0 Å². The van der Waals surface area contributed by atoms with Crippen LogP contribution < -0.4 is 5.43 Å². The predicted octanol–water partition coefficient (Wildman–Crippen LogP) is 2.38. The van der Waals surface area contributed by atoms with Crippen molar-refractivity contribution >= 4 is 21.8 Å². The Morgan fingerprint density at radius 2 is 1.59 bits per heavy atom. The van der Waals surface area contributed by atoms with E-state index in [9.17, 15) is 31.2 Å². The summed E-state index contributed by atoms with van der Waals surface area (Å²) in [6, 6.07) is 5.36. The zero-order chi connectivity index (χ0) is 20.8. The Labute approximate surface area is 156 Å². The van der Waals surface area contributed by atoms with Crippen molar-refractivity contribution in [1.29, 1.82) is 0 Å². The molecule has 11 heteroatoms. The van der Waals surface area contributed by atoms with Crippen molar-refractivity contribution in [1.82, 2.24) is 14.7 Å². The first kappa shape index (κ1) is 22.9. The minimum atomic E-state index is -5.71. The van der Waals surface area contributed by atoms with Crippen LogP contribution in [0.1, 0.15) is 47.4 Å². The van der Waals surface area contributed by atoms with Crippen LogP contribution in [0.2, 0.25) is 0 Å². The van der Waals surface area contributed by atoms with E-state index in [0.717, 1.165) is 12.8 Å². The maximum atomic E-state index is 12.6. The van der Waals surface area contributed by atoms with E-state index in [1.54, 1.807) is 10.3 Å². The van der Waals surface area contributed by atoms with Crippen LogP contribution in [0.3, 0.4) is 0 Å². The molecule has 1 aromatic carbocycles. The molecule has 0 fully saturated rings. The summed E-state index contributed by atoms with van der Waals surface area (Å²) in [7, 11) is -5.14. The van der Waals surface area contributed by atoms with Gasteiger partial charge in [-0.15, -0.1) is 4.41 Å². The molecule has 2 amide bonds. The Morgan fingerprint density at radius 3 is 2.07 bits per heavy atom. The van der Waals surface area contributed by atoms with Crippen molar-refractivity contribution in [3.05, 3.63) is 35.4 Å². The second-order valence-electron chi connectivity index (χ2n) is 5.73. The van der Waals surface area contributed by atoms with Gasteiger partial charge >= 0.3 is 15.5 Å². The Bertz CT molecular complexity index is 775. The average molecular weight is 409 g/mol. The number of sulfonamides is 1. The van der Waals surface area contributed by atoms with Crippen molar-refractivity contribution in [3.63, 3.8) is 0 Å². The first-order chi connectivity index (χ1) is 12.5. The quantitative estimate of drug-likeness (QED) is 0.668. The number of rotatable bonds is 8. The summed E-state index contributed by atoms with van der Waals surface area (Å²) < 4.78 is 59.7. The highest BCUT2D eigenvalue weighted by Crippen LogP contribution is 2.24. The molecule has 0 bridgehead atoms. The number of hydrogen-bond acceptors (Lipinski definition) is 4. The number of hydrazine groups is 1. The molecule has 152 valence electrons. The van der Waals surface area contributed by atoms with Crippen LogP contribution in [0.15, 0.2) is 24.3 Å².